The van der Waals surface area contributed by atoms with Crippen LogP contribution in [0.4, 0.5) is 0 Å². The van der Waals surface area contributed by atoms with Gasteiger partial charge in [-0.05, 0) is 11.6 Å². The Morgan fingerprint density at radius 2 is 1.76 bits per heavy atom. The van der Waals surface area contributed by atoms with Crippen LogP contribution < -0.4 is 0 Å². The summed E-state index contributed by atoms with van der Waals surface area (Å²) < 4.78 is 7.50. The fourth-order valence-corrected chi connectivity index (χ4v) is 2.36. The number of carbonyl (C=O) groups is 1. The zero-order chi connectivity index (χ0) is 14.7. The van der Waals surface area contributed by atoms with E-state index in [-0.39, 0.29) is 0 Å². The lowest BCUT2D eigenvalue weighted by Gasteiger charge is -2.07. The summed E-state index contributed by atoms with van der Waals surface area (Å²) in [6, 6.07) is 17.3. The molecule has 0 unspecified atom stereocenters. The number of fused-ring (bicyclic) bond motifs is 1. The Bertz CT molecular complexity index is 762. The summed E-state index contributed by atoms with van der Waals surface area (Å²) >= 11 is 0. The summed E-state index contributed by atoms with van der Waals surface area (Å²) in [5.41, 5.74) is 2.25. The zero-order valence-electron chi connectivity index (χ0n) is 11.4. The number of rotatable bonds is 5. The molecule has 21 heavy (non-hydrogen) atoms. The van der Waals surface area contributed by atoms with Gasteiger partial charge in [0, 0.05) is 11.6 Å². The summed E-state index contributed by atoms with van der Waals surface area (Å²) in [5.74, 6) is -0.923. The van der Waals surface area contributed by atoms with E-state index in [9.17, 15) is 9.90 Å². The highest BCUT2D eigenvalue weighted by molar-refractivity contribution is 6.03. The maximum absolute atomic E-state index is 11.3. The van der Waals surface area contributed by atoms with Crippen LogP contribution >= 0.6 is 0 Å². The topological polar surface area (TPSA) is 51.5 Å². The molecule has 2 aromatic carbocycles. The first-order valence-electron chi connectivity index (χ1n) is 6.68. The van der Waals surface area contributed by atoms with Gasteiger partial charge in [0.2, 0.25) is 0 Å². The molecule has 0 amide bonds. The largest absolute Gasteiger partial charge is 0.478 e. The molecule has 1 aromatic heterocycles. The average molecular weight is 281 g/mol. The molecule has 0 bridgehead atoms. The van der Waals surface area contributed by atoms with Crippen LogP contribution in [0.3, 0.4) is 0 Å². The minimum atomic E-state index is -0.923. The molecule has 0 atom stereocenters. The highest BCUT2D eigenvalue weighted by atomic mass is 16.5. The van der Waals surface area contributed by atoms with E-state index >= 15 is 0 Å². The first-order chi connectivity index (χ1) is 10.3. The van der Waals surface area contributed by atoms with Gasteiger partial charge in [-0.25, -0.2) is 4.79 Å². The van der Waals surface area contributed by atoms with Crippen LogP contribution in [0.1, 0.15) is 15.9 Å². The Labute approximate surface area is 122 Å². The van der Waals surface area contributed by atoms with Gasteiger partial charge in [0.05, 0.1) is 17.7 Å². The highest BCUT2D eigenvalue weighted by Gasteiger charge is 2.13. The van der Waals surface area contributed by atoms with E-state index < -0.39 is 5.97 Å². The summed E-state index contributed by atoms with van der Waals surface area (Å²) in [6.07, 6.45) is 1.62. The normalized spacial score (nSPS) is 10.9. The van der Waals surface area contributed by atoms with Crippen LogP contribution in [-0.4, -0.2) is 15.6 Å². The third-order valence-electron chi connectivity index (χ3n) is 3.36. The SMILES string of the molecule is O=C(O)c1cn(COCc2ccccc2)c2ccccc12. The van der Waals surface area contributed by atoms with Crippen LogP contribution in [-0.2, 0) is 18.1 Å². The molecule has 1 N–H and O–H groups in total. The van der Waals surface area contributed by atoms with Gasteiger partial charge in [-0.2, -0.15) is 0 Å². The Morgan fingerprint density at radius 1 is 1.05 bits per heavy atom. The predicted molar refractivity (Wildman–Crippen MR) is 80.1 cm³/mol. The van der Waals surface area contributed by atoms with Gasteiger partial charge in [0.15, 0.2) is 0 Å². The molecule has 0 fully saturated rings. The summed E-state index contributed by atoms with van der Waals surface area (Å²) in [7, 11) is 0. The molecule has 0 spiro atoms. The van der Waals surface area contributed by atoms with Crippen LogP contribution in [0.25, 0.3) is 10.9 Å². The zero-order valence-corrected chi connectivity index (χ0v) is 11.4. The number of carboxylic acids is 1. The van der Waals surface area contributed by atoms with Crippen molar-refractivity contribution in [2.45, 2.75) is 13.3 Å². The van der Waals surface area contributed by atoms with Gasteiger partial charge >= 0.3 is 5.97 Å². The van der Waals surface area contributed by atoms with E-state index in [1.165, 1.54) is 0 Å². The van der Waals surface area contributed by atoms with Crippen molar-refractivity contribution in [2.75, 3.05) is 0 Å². The summed E-state index contributed by atoms with van der Waals surface area (Å²) in [4.78, 5) is 11.3. The summed E-state index contributed by atoms with van der Waals surface area (Å²) in [5, 5.41) is 9.98. The number of carboxylic acid groups (broad SMARTS) is 1. The molecular formula is C17H15NO3. The maximum atomic E-state index is 11.3. The molecule has 1 heterocycles. The third kappa shape index (κ3) is 2.80. The number of aromatic carboxylic acids is 1. The molecule has 4 nitrogen and oxygen atoms in total. The highest BCUT2D eigenvalue weighted by Crippen LogP contribution is 2.21. The van der Waals surface area contributed by atoms with Gasteiger partial charge in [-0.15, -0.1) is 0 Å². The van der Waals surface area contributed by atoms with E-state index in [4.69, 9.17) is 4.74 Å². The molecule has 0 saturated carbocycles. The van der Waals surface area contributed by atoms with E-state index in [1.54, 1.807) is 6.20 Å². The first-order valence-corrected chi connectivity index (χ1v) is 6.68. The Hall–Kier alpha value is -2.59. The molecule has 3 aromatic rings. The molecule has 0 saturated heterocycles. The minimum Gasteiger partial charge on any atom is -0.478 e. The fourth-order valence-electron chi connectivity index (χ4n) is 2.36. The minimum absolute atomic E-state index is 0.300. The van der Waals surface area contributed by atoms with Gasteiger partial charge in [0.25, 0.3) is 0 Å². The van der Waals surface area contributed by atoms with Crippen molar-refractivity contribution in [3.63, 3.8) is 0 Å². The first kappa shape index (κ1) is 13.4. The van der Waals surface area contributed by atoms with Crippen molar-refractivity contribution in [1.82, 2.24) is 4.57 Å². The molecular weight excluding hydrogens is 266 g/mol. The molecule has 0 aliphatic carbocycles. The molecule has 106 valence electrons. The van der Waals surface area contributed by atoms with Crippen LogP contribution in [0, 0.1) is 0 Å². The lowest BCUT2D eigenvalue weighted by atomic mass is 10.2. The third-order valence-corrected chi connectivity index (χ3v) is 3.36. The van der Waals surface area contributed by atoms with Gasteiger partial charge in [0.1, 0.15) is 6.73 Å². The number of hydrogen-bond donors (Lipinski definition) is 1. The lowest BCUT2D eigenvalue weighted by molar-refractivity contribution is 0.0654. The van der Waals surface area contributed by atoms with Crippen molar-refractivity contribution in [3.05, 3.63) is 71.9 Å². The molecule has 3 rings (SSSR count). The van der Waals surface area contributed by atoms with Gasteiger partial charge in [-0.3, -0.25) is 0 Å². The van der Waals surface area contributed by atoms with Crippen molar-refractivity contribution < 1.29 is 14.6 Å². The second kappa shape index (κ2) is 5.81. The van der Waals surface area contributed by atoms with Crippen molar-refractivity contribution in [1.29, 1.82) is 0 Å². The number of para-hydroxylation sites is 1. The van der Waals surface area contributed by atoms with E-state index in [2.05, 4.69) is 0 Å². The van der Waals surface area contributed by atoms with Crippen LogP contribution in [0.2, 0.25) is 0 Å². The second-order valence-electron chi connectivity index (χ2n) is 4.80. The predicted octanol–water partition coefficient (Wildman–Crippen LogP) is 3.51. The maximum Gasteiger partial charge on any atom is 0.337 e. The average Bonchev–Trinajstić information content (AvgIpc) is 2.88. The lowest BCUT2D eigenvalue weighted by Crippen LogP contribution is -2.01. The van der Waals surface area contributed by atoms with Crippen molar-refractivity contribution in [3.8, 4) is 0 Å². The quantitative estimate of drug-likeness (QED) is 0.778. The molecule has 4 heteroatoms. The Kier molecular flexibility index (Phi) is 3.71. The van der Waals surface area contributed by atoms with E-state index in [0.717, 1.165) is 16.5 Å². The number of ether oxygens (including phenoxy) is 1. The van der Waals surface area contributed by atoms with Gasteiger partial charge in [-0.1, -0.05) is 48.5 Å². The molecule has 0 radical (unpaired) electrons. The number of aromatic nitrogens is 1. The van der Waals surface area contributed by atoms with E-state index in [1.807, 2.05) is 59.2 Å². The van der Waals surface area contributed by atoms with Gasteiger partial charge < -0.3 is 14.4 Å². The second-order valence-corrected chi connectivity index (χ2v) is 4.80. The van der Waals surface area contributed by atoms with Crippen LogP contribution in [0.5, 0.6) is 0 Å². The number of hydrogen-bond acceptors (Lipinski definition) is 2. The van der Waals surface area contributed by atoms with E-state index in [0.29, 0.717) is 18.9 Å². The number of benzene rings is 2. The monoisotopic (exact) mass is 281 g/mol. The Balaban J connectivity index is 1.79. The Morgan fingerprint density at radius 3 is 2.52 bits per heavy atom. The molecule has 0 aliphatic rings. The summed E-state index contributed by atoms with van der Waals surface area (Å²) in [6.45, 7) is 0.818. The number of nitrogens with zero attached hydrogens (tertiary/aromatic N) is 1. The van der Waals surface area contributed by atoms with Crippen LogP contribution in [0.15, 0.2) is 60.8 Å². The standard InChI is InChI=1S/C17H15NO3/c19-17(20)15-10-18(16-9-5-4-8-14(15)16)12-21-11-13-6-2-1-3-7-13/h1-10H,11-12H2,(H,19,20). The smallest absolute Gasteiger partial charge is 0.337 e. The van der Waals surface area contributed by atoms with Crippen molar-refractivity contribution >= 4 is 16.9 Å². The van der Waals surface area contributed by atoms with Crippen molar-refractivity contribution in [2.24, 2.45) is 0 Å². The fraction of sp³-hybridized carbons (Fsp3) is 0.118. The molecule has 0 aliphatic heterocycles.